The highest BCUT2D eigenvalue weighted by Gasteiger charge is 2.31. The Balaban J connectivity index is 1.94. The lowest BCUT2D eigenvalue weighted by molar-refractivity contribution is 0.428. The van der Waals surface area contributed by atoms with Crippen molar-refractivity contribution >= 4 is 5.57 Å². The molecule has 0 aliphatic heterocycles. The maximum atomic E-state index is 2.26. The van der Waals surface area contributed by atoms with Crippen LogP contribution in [0.3, 0.4) is 0 Å². The largest absolute Gasteiger partial charge is 0.0630 e. The zero-order valence-electron chi connectivity index (χ0n) is 8.50. The van der Waals surface area contributed by atoms with Crippen molar-refractivity contribution in [2.24, 2.45) is 5.92 Å². The van der Waals surface area contributed by atoms with Gasteiger partial charge in [0.25, 0.3) is 0 Å². The normalized spacial score (nSPS) is 25.6. The SMILES string of the molecule is c1ccc(C2=C3CCCCC3C2)cc1. The van der Waals surface area contributed by atoms with Crippen molar-refractivity contribution in [1.29, 1.82) is 0 Å². The Kier molecular flexibility index (Phi) is 1.93. The van der Waals surface area contributed by atoms with Crippen molar-refractivity contribution < 1.29 is 0 Å². The third kappa shape index (κ3) is 1.21. The van der Waals surface area contributed by atoms with Crippen LogP contribution in [0.5, 0.6) is 0 Å². The zero-order valence-corrected chi connectivity index (χ0v) is 8.50. The standard InChI is InChI=1S/C14H16/c1-2-6-11(7-3-1)14-10-12-8-4-5-9-13(12)14/h1-3,6-7,12H,4-5,8-10H2. The molecule has 0 spiro atoms. The summed E-state index contributed by atoms with van der Waals surface area (Å²) in [6, 6.07) is 10.9. The second-order valence-electron chi connectivity index (χ2n) is 4.52. The van der Waals surface area contributed by atoms with E-state index in [-0.39, 0.29) is 0 Å². The van der Waals surface area contributed by atoms with Crippen molar-refractivity contribution in [2.75, 3.05) is 0 Å². The van der Waals surface area contributed by atoms with Crippen molar-refractivity contribution in [3.8, 4) is 0 Å². The molecule has 0 nitrogen and oxygen atoms in total. The van der Waals surface area contributed by atoms with Crippen LogP contribution in [0.4, 0.5) is 0 Å². The van der Waals surface area contributed by atoms with Crippen LogP contribution in [-0.2, 0) is 0 Å². The van der Waals surface area contributed by atoms with Crippen molar-refractivity contribution in [3.63, 3.8) is 0 Å². The molecule has 14 heavy (non-hydrogen) atoms. The summed E-state index contributed by atoms with van der Waals surface area (Å²) in [7, 11) is 0. The molecule has 1 saturated carbocycles. The molecule has 1 aromatic carbocycles. The molecular weight excluding hydrogens is 168 g/mol. The van der Waals surface area contributed by atoms with Gasteiger partial charge in [0.05, 0.1) is 0 Å². The first kappa shape index (κ1) is 8.28. The number of rotatable bonds is 1. The van der Waals surface area contributed by atoms with Crippen molar-refractivity contribution in [2.45, 2.75) is 32.1 Å². The molecule has 1 fully saturated rings. The Hall–Kier alpha value is -1.04. The van der Waals surface area contributed by atoms with Crippen LogP contribution in [-0.4, -0.2) is 0 Å². The fourth-order valence-electron chi connectivity index (χ4n) is 2.90. The first-order valence-electron chi connectivity index (χ1n) is 5.72. The summed E-state index contributed by atoms with van der Waals surface area (Å²) in [4.78, 5) is 0. The summed E-state index contributed by atoms with van der Waals surface area (Å²) < 4.78 is 0. The first-order valence-corrected chi connectivity index (χ1v) is 5.72. The van der Waals surface area contributed by atoms with Gasteiger partial charge in [-0.2, -0.15) is 0 Å². The quantitative estimate of drug-likeness (QED) is 0.618. The van der Waals surface area contributed by atoms with Gasteiger partial charge in [-0.3, -0.25) is 0 Å². The lowest BCUT2D eigenvalue weighted by Gasteiger charge is -2.37. The molecule has 0 aromatic heterocycles. The topological polar surface area (TPSA) is 0 Å². The third-order valence-electron chi connectivity index (χ3n) is 3.70. The van der Waals surface area contributed by atoms with Crippen molar-refractivity contribution in [1.82, 2.24) is 0 Å². The zero-order chi connectivity index (χ0) is 9.38. The van der Waals surface area contributed by atoms with Crippen LogP contribution in [0.2, 0.25) is 0 Å². The van der Waals surface area contributed by atoms with Crippen molar-refractivity contribution in [3.05, 3.63) is 41.5 Å². The Bertz CT molecular complexity index is 359. The summed E-state index contributed by atoms with van der Waals surface area (Å²) in [5.74, 6) is 0.957. The molecule has 0 N–H and O–H groups in total. The summed E-state index contributed by atoms with van der Waals surface area (Å²) >= 11 is 0. The second kappa shape index (κ2) is 3.27. The number of hydrogen-bond acceptors (Lipinski definition) is 0. The van der Waals surface area contributed by atoms with E-state index < -0.39 is 0 Å². The lowest BCUT2D eigenvalue weighted by atomic mass is 9.67. The van der Waals surface area contributed by atoms with E-state index in [2.05, 4.69) is 30.3 Å². The van der Waals surface area contributed by atoms with E-state index in [4.69, 9.17) is 0 Å². The van der Waals surface area contributed by atoms with E-state index in [1.54, 1.807) is 11.1 Å². The van der Waals surface area contributed by atoms with Gasteiger partial charge in [-0.05, 0) is 42.7 Å². The van der Waals surface area contributed by atoms with Gasteiger partial charge in [-0.25, -0.2) is 0 Å². The highest BCUT2D eigenvalue weighted by Crippen LogP contribution is 2.48. The number of hydrogen-bond donors (Lipinski definition) is 0. The van der Waals surface area contributed by atoms with Crippen LogP contribution in [0.1, 0.15) is 37.7 Å². The first-order chi connectivity index (χ1) is 6.95. The Morgan fingerprint density at radius 1 is 1.00 bits per heavy atom. The molecule has 2 aliphatic carbocycles. The smallest absolute Gasteiger partial charge is 0.0156 e. The van der Waals surface area contributed by atoms with Gasteiger partial charge in [-0.15, -0.1) is 0 Å². The molecule has 1 atom stereocenters. The van der Waals surface area contributed by atoms with Crippen LogP contribution < -0.4 is 0 Å². The molecule has 72 valence electrons. The summed E-state index contributed by atoms with van der Waals surface area (Å²) in [5.41, 5.74) is 4.92. The van der Waals surface area contributed by atoms with Gasteiger partial charge in [0, 0.05) is 0 Å². The van der Waals surface area contributed by atoms with E-state index in [9.17, 15) is 0 Å². The molecule has 0 amide bonds. The van der Waals surface area contributed by atoms with Crippen LogP contribution >= 0.6 is 0 Å². The van der Waals surface area contributed by atoms with E-state index >= 15 is 0 Å². The Labute approximate surface area is 85.6 Å². The predicted octanol–water partition coefficient (Wildman–Crippen LogP) is 4.03. The predicted molar refractivity (Wildman–Crippen MR) is 59.9 cm³/mol. The maximum absolute atomic E-state index is 2.26. The van der Waals surface area contributed by atoms with E-state index in [0.29, 0.717) is 0 Å². The molecule has 0 bridgehead atoms. The van der Waals surface area contributed by atoms with Gasteiger partial charge in [0.15, 0.2) is 0 Å². The van der Waals surface area contributed by atoms with Gasteiger partial charge in [0.1, 0.15) is 0 Å². The average Bonchev–Trinajstić information content (AvgIpc) is 2.22. The average molecular weight is 184 g/mol. The molecule has 0 saturated heterocycles. The molecule has 0 heterocycles. The fourth-order valence-corrected chi connectivity index (χ4v) is 2.90. The van der Waals surface area contributed by atoms with E-state index in [1.807, 2.05) is 0 Å². The van der Waals surface area contributed by atoms with Gasteiger partial charge < -0.3 is 0 Å². The minimum atomic E-state index is 0.957. The van der Waals surface area contributed by atoms with Gasteiger partial charge >= 0.3 is 0 Å². The second-order valence-corrected chi connectivity index (χ2v) is 4.52. The highest BCUT2D eigenvalue weighted by atomic mass is 14.4. The summed E-state index contributed by atoms with van der Waals surface area (Å²) in [6.45, 7) is 0. The van der Waals surface area contributed by atoms with Crippen LogP contribution in [0.25, 0.3) is 5.57 Å². The fraction of sp³-hybridized carbons (Fsp3) is 0.429. The monoisotopic (exact) mass is 184 g/mol. The van der Waals surface area contributed by atoms with Crippen LogP contribution in [0, 0.1) is 5.92 Å². The van der Waals surface area contributed by atoms with E-state index in [0.717, 1.165) is 5.92 Å². The van der Waals surface area contributed by atoms with Crippen LogP contribution in [0.15, 0.2) is 35.9 Å². The Morgan fingerprint density at radius 3 is 2.64 bits per heavy atom. The molecular formula is C14H16. The van der Waals surface area contributed by atoms with Gasteiger partial charge in [0.2, 0.25) is 0 Å². The Morgan fingerprint density at radius 2 is 1.86 bits per heavy atom. The summed E-state index contributed by atoms with van der Waals surface area (Å²) in [6.07, 6.45) is 7.04. The third-order valence-corrected chi connectivity index (χ3v) is 3.70. The highest BCUT2D eigenvalue weighted by molar-refractivity contribution is 5.75. The molecule has 2 aliphatic rings. The summed E-state index contributed by atoms with van der Waals surface area (Å²) in [5, 5.41) is 0. The van der Waals surface area contributed by atoms with Gasteiger partial charge in [-0.1, -0.05) is 42.3 Å². The number of fused-ring (bicyclic) bond motifs is 1. The number of allylic oxidation sites excluding steroid dienone is 2. The minimum Gasteiger partial charge on any atom is -0.0630 e. The minimum absolute atomic E-state index is 0.957. The number of benzene rings is 1. The lowest BCUT2D eigenvalue weighted by Crippen LogP contribution is -2.21. The molecule has 0 heteroatoms. The van der Waals surface area contributed by atoms with E-state index in [1.165, 1.54) is 37.7 Å². The maximum Gasteiger partial charge on any atom is -0.0156 e. The molecule has 1 unspecified atom stereocenters. The molecule has 3 rings (SSSR count). The molecule has 0 radical (unpaired) electrons. The molecule has 1 aromatic rings.